The summed E-state index contributed by atoms with van der Waals surface area (Å²) in [6.45, 7) is 3.45. The Balaban J connectivity index is 1.12. The van der Waals surface area contributed by atoms with Gasteiger partial charge < -0.3 is 4.90 Å². The summed E-state index contributed by atoms with van der Waals surface area (Å²) in [4.78, 5) is 7.32. The van der Waals surface area contributed by atoms with E-state index in [9.17, 15) is 0 Å². The van der Waals surface area contributed by atoms with Crippen molar-refractivity contribution < 1.29 is 0 Å². The van der Waals surface area contributed by atoms with Gasteiger partial charge in [-0.05, 0) is 157 Å². The number of allylic oxidation sites excluding steroid dienone is 8. The summed E-state index contributed by atoms with van der Waals surface area (Å²) in [5.74, 6) is 0. The summed E-state index contributed by atoms with van der Waals surface area (Å²) in [7, 11) is 0. The number of rotatable bonds is 7. The zero-order chi connectivity index (χ0) is 37.9. The Hall–Kier alpha value is -6.25. The van der Waals surface area contributed by atoms with Crippen molar-refractivity contribution in [2.75, 3.05) is 6.54 Å². The molecular weight excluding hydrogens is 689 g/mol. The molecule has 2 unspecified atom stereocenters. The normalized spacial score (nSPS) is 20.5. The minimum absolute atomic E-state index is 0.146. The lowest BCUT2D eigenvalue weighted by Crippen LogP contribution is -2.33. The third-order valence-corrected chi connectivity index (χ3v) is 13.0. The largest absolute Gasteiger partial charge is 0.360 e. The predicted octanol–water partition coefficient (Wildman–Crippen LogP) is 12.3. The summed E-state index contributed by atoms with van der Waals surface area (Å²) >= 11 is 0. The molecule has 6 aromatic rings. The maximum Gasteiger partial charge on any atom is 0.0579 e. The van der Waals surface area contributed by atoms with Crippen molar-refractivity contribution in [2.45, 2.75) is 56.9 Å². The van der Waals surface area contributed by atoms with Crippen molar-refractivity contribution >= 4 is 34.1 Å². The van der Waals surface area contributed by atoms with Crippen LogP contribution in [0.5, 0.6) is 0 Å². The van der Waals surface area contributed by atoms with Gasteiger partial charge in [0, 0.05) is 17.3 Å². The predicted molar refractivity (Wildman–Crippen MR) is 239 cm³/mol. The second-order valence-corrected chi connectivity index (χ2v) is 16.7. The first kappa shape index (κ1) is 34.0. The van der Waals surface area contributed by atoms with Crippen LogP contribution >= 0.6 is 0 Å². The van der Waals surface area contributed by atoms with E-state index >= 15 is 0 Å². The van der Waals surface area contributed by atoms with Crippen LogP contribution < -0.4 is 10.4 Å². The smallest absolute Gasteiger partial charge is 0.0579 e. The first-order chi connectivity index (χ1) is 28.1. The summed E-state index contributed by atoms with van der Waals surface area (Å²) in [6, 6.07) is 41.6. The highest BCUT2D eigenvalue weighted by Gasteiger charge is 2.38. The number of benzene rings is 5. The van der Waals surface area contributed by atoms with Gasteiger partial charge in [-0.2, -0.15) is 0 Å². The lowest BCUT2D eigenvalue weighted by atomic mass is 9.76. The molecule has 0 amide bonds. The van der Waals surface area contributed by atoms with Gasteiger partial charge in [0.25, 0.3) is 0 Å². The Labute approximate surface area is 335 Å². The van der Waals surface area contributed by atoms with Crippen LogP contribution in [0.4, 0.5) is 0 Å². The van der Waals surface area contributed by atoms with Gasteiger partial charge in [-0.1, -0.05) is 134 Å². The summed E-state index contributed by atoms with van der Waals surface area (Å²) in [6.07, 6.45) is 29.9. The van der Waals surface area contributed by atoms with E-state index in [1.54, 1.807) is 0 Å². The lowest BCUT2D eigenvalue weighted by molar-refractivity contribution is 0.455. The number of aromatic nitrogens is 1. The summed E-state index contributed by atoms with van der Waals surface area (Å²) < 4.78 is 0. The first-order valence-electron chi connectivity index (χ1n) is 20.9. The minimum atomic E-state index is -0.146. The van der Waals surface area contributed by atoms with E-state index in [1.807, 2.05) is 12.3 Å². The third-order valence-electron chi connectivity index (χ3n) is 13.0. The number of nitrogens with zero attached hydrogens (tertiary/aromatic N) is 2. The topological polar surface area (TPSA) is 15.9 Å². The lowest BCUT2D eigenvalue weighted by Gasteiger charge is -2.28. The van der Waals surface area contributed by atoms with Gasteiger partial charge in [0.1, 0.15) is 0 Å². The highest BCUT2D eigenvalue weighted by Crippen LogP contribution is 2.45. The standard InChI is InChI=1S/C55H46N2/c1-55(52-18-10-11-31-56-52)29-27-41(28-30-55)54-48-17-9-8-16-47(48)53(40-21-19-39(20-22-40)51-26-24-46-36-57(46)51)49-25-23-42(35-50(49)54)45-33-43(37-12-4-2-5-13-37)32-44(34-45)38-14-6-3-7-15-38/h2,4-6,10-25,27-29,31-35,51H,3,7-9,26,30,36H2,1H3. The van der Waals surface area contributed by atoms with Crippen LogP contribution in [0, 0.1) is 0 Å². The second kappa shape index (κ2) is 13.7. The molecule has 3 heterocycles. The molecule has 0 saturated carbocycles. The van der Waals surface area contributed by atoms with Crippen molar-refractivity contribution in [1.82, 2.24) is 9.88 Å². The van der Waals surface area contributed by atoms with Crippen molar-refractivity contribution in [1.29, 1.82) is 0 Å². The van der Waals surface area contributed by atoms with Gasteiger partial charge in [0.2, 0.25) is 0 Å². The molecule has 0 bridgehead atoms. The highest BCUT2D eigenvalue weighted by atomic mass is 15.3. The molecule has 2 nitrogen and oxygen atoms in total. The molecule has 2 heteroatoms. The van der Waals surface area contributed by atoms with Gasteiger partial charge in [-0.3, -0.25) is 4.98 Å². The Kier molecular flexibility index (Phi) is 8.21. The molecular formula is C55H46N2. The number of fused-ring (bicyclic) bond motifs is 3. The monoisotopic (exact) mass is 734 g/mol. The number of pyridine rings is 1. The van der Waals surface area contributed by atoms with Crippen LogP contribution in [0.25, 0.3) is 67.5 Å². The van der Waals surface area contributed by atoms with Crippen LogP contribution in [-0.2, 0) is 5.41 Å². The van der Waals surface area contributed by atoms with Gasteiger partial charge in [0.15, 0.2) is 0 Å². The van der Waals surface area contributed by atoms with Crippen LogP contribution in [0.2, 0.25) is 0 Å². The molecule has 0 radical (unpaired) electrons. The van der Waals surface area contributed by atoms with E-state index < -0.39 is 0 Å². The number of hydrogen-bond acceptors (Lipinski definition) is 2. The minimum Gasteiger partial charge on any atom is -0.360 e. The molecule has 11 rings (SSSR count). The molecule has 0 N–H and O–H groups in total. The quantitative estimate of drug-likeness (QED) is 0.152. The molecule has 3 aliphatic carbocycles. The van der Waals surface area contributed by atoms with Crippen molar-refractivity contribution in [3.05, 3.63) is 196 Å². The van der Waals surface area contributed by atoms with Gasteiger partial charge in [-0.15, -0.1) is 0 Å². The van der Waals surface area contributed by atoms with Crippen LogP contribution in [-0.4, -0.2) is 16.4 Å². The average molecular weight is 735 g/mol. The fourth-order valence-electron chi connectivity index (χ4n) is 9.80. The van der Waals surface area contributed by atoms with Gasteiger partial charge in [0.05, 0.1) is 18.3 Å². The van der Waals surface area contributed by atoms with E-state index in [0.29, 0.717) is 6.04 Å². The zero-order valence-corrected chi connectivity index (χ0v) is 32.6. The van der Waals surface area contributed by atoms with Crippen LogP contribution in [0.1, 0.15) is 73.9 Å². The van der Waals surface area contributed by atoms with E-state index in [4.69, 9.17) is 4.98 Å². The van der Waals surface area contributed by atoms with E-state index in [0.717, 1.165) is 50.8 Å². The highest BCUT2D eigenvalue weighted by molar-refractivity contribution is 6.06. The Morgan fingerprint density at radius 1 is 0.579 bits per heavy atom. The summed E-state index contributed by atoms with van der Waals surface area (Å²) in [5.41, 5.74) is 16.7. The molecule has 1 saturated heterocycles. The second-order valence-electron chi connectivity index (χ2n) is 16.7. The fourth-order valence-corrected chi connectivity index (χ4v) is 9.80. The molecule has 5 aliphatic rings. The molecule has 276 valence electrons. The van der Waals surface area contributed by atoms with Crippen molar-refractivity contribution in [3.63, 3.8) is 0 Å². The fraction of sp³-hybridized carbons (Fsp3) is 0.182. The molecule has 57 heavy (non-hydrogen) atoms. The number of hydrogen-bond donors (Lipinski definition) is 0. The Morgan fingerprint density at radius 2 is 1.33 bits per heavy atom. The molecule has 2 aliphatic heterocycles. The zero-order valence-electron chi connectivity index (χ0n) is 32.6. The van der Waals surface area contributed by atoms with E-state index in [-0.39, 0.29) is 5.41 Å². The SMILES string of the molecule is CC1(c2ccccn2)C=CC(c2c3c(c(-c4ccc(C5CC=C6CN65)cc4)c4ccc(-c5cc(C6=CCCC=C6)cc(-c6ccccc6)c5)cc24)=CCCC=3)=CC1. The molecule has 1 aromatic heterocycles. The van der Waals surface area contributed by atoms with E-state index in [2.05, 4.69) is 170 Å². The maximum atomic E-state index is 4.78. The van der Waals surface area contributed by atoms with E-state index in [1.165, 1.54) is 88.1 Å². The van der Waals surface area contributed by atoms with Crippen molar-refractivity contribution in [3.8, 4) is 33.4 Å². The first-order valence-corrected chi connectivity index (χ1v) is 20.9. The third kappa shape index (κ3) is 6.07. The molecule has 0 spiro atoms. The maximum absolute atomic E-state index is 4.78. The molecule has 1 fully saturated rings. The van der Waals surface area contributed by atoms with Gasteiger partial charge in [-0.25, -0.2) is 0 Å². The Bertz CT molecular complexity index is 2870. The van der Waals surface area contributed by atoms with Gasteiger partial charge >= 0.3 is 0 Å². The molecule has 2 atom stereocenters. The van der Waals surface area contributed by atoms with Crippen LogP contribution in [0.15, 0.2) is 164 Å². The Morgan fingerprint density at radius 3 is 2.04 bits per heavy atom. The van der Waals surface area contributed by atoms with Crippen LogP contribution in [0.3, 0.4) is 0 Å². The average Bonchev–Trinajstić information content (AvgIpc) is 3.94. The molecule has 5 aromatic carbocycles. The van der Waals surface area contributed by atoms with Crippen molar-refractivity contribution in [2.24, 2.45) is 0 Å². The summed E-state index contributed by atoms with van der Waals surface area (Å²) in [5, 5.41) is 5.36.